The molecule has 0 N–H and O–H groups in total. The molecule has 0 saturated carbocycles. The van der Waals surface area contributed by atoms with Crippen LogP contribution >= 0.6 is 0 Å². The van der Waals surface area contributed by atoms with Crippen LogP contribution in [0.5, 0.6) is 0 Å². The first-order valence-electron chi connectivity index (χ1n) is 12.7. The maximum atomic E-state index is 9.12. The second-order valence-corrected chi connectivity index (χ2v) is 9.31. The lowest BCUT2D eigenvalue weighted by Gasteiger charge is -2.27. The smallest absolute Gasteiger partial charge is 0.0991 e. The molecule has 0 heterocycles. The van der Waals surface area contributed by atoms with Crippen molar-refractivity contribution in [1.29, 1.82) is 10.5 Å². The summed E-state index contributed by atoms with van der Waals surface area (Å²) in [5.74, 6) is 0. The van der Waals surface area contributed by atoms with E-state index < -0.39 is 0 Å². The summed E-state index contributed by atoms with van der Waals surface area (Å²) in [6.45, 7) is 0. The lowest BCUT2D eigenvalue weighted by molar-refractivity contribution is 1.30. The zero-order chi connectivity index (χ0) is 26.6. The normalized spacial score (nSPS) is 10.5. The molecule has 0 atom stereocenters. The Balaban J connectivity index is 1.43. The maximum Gasteiger partial charge on any atom is 0.0991 e. The van der Waals surface area contributed by atoms with Gasteiger partial charge in [-0.2, -0.15) is 10.5 Å². The molecule has 6 aromatic rings. The molecule has 6 rings (SSSR count). The van der Waals surface area contributed by atoms with Crippen LogP contribution in [0.3, 0.4) is 0 Å². The lowest BCUT2D eigenvalue weighted by Crippen LogP contribution is -2.10. The summed E-state index contributed by atoms with van der Waals surface area (Å²) in [6, 6.07) is 51.6. The third-order valence-corrected chi connectivity index (χ3v) is 6.95. The Kier molecular flexibility index (Phi) is 6.32. The van der Waals surface area contributed by atoms with Gasteiger partial charge in [0.05, 0.1) is 29.0 Å². The molecular weight excluding hydrogens is 474 g/mol. The molecule has 0 radical (unpaired) electrons. The number of nitriles is 2. The van der Waals surface area contributed by atoms with Crippen LogP contribution in [0.2, 0.25) is 0 Å². The number of anilines is 3. The molecule has 0 unspecified atom stereocenters. The summed E-state index contributed by atoms with van der Waals surface area (Å²) in [7, 11) is 0. The molecule has 0 saturated heterocycles. The minimum atomic E-state index is 0.655. The minimum absolute atomic E-state index is 0.655. The van der Waals surface area contributed by atoms with Gasteiger partial charge in [-0.3, -0.25) is 0 Å². The highest BCUT2D eigenvalue weighted by atomic mass is 15.1. The van der Waals surface area contributed by atoms with E-state index in [9.17, 15) is 0 Å². The Bertz CT molecular complexity index is 1730. The molecule has 0 aromatic heterocycles. The average molecular weight is 498 g/mol. The van der Waals surface area contributed by atoms with Gasteiger partial charge in [0.15, 0.2) is 0 Å². The second-order valence-electron chi connectivity index (χ2n) is 9.31. The molecule has 0 amide bonds. The number of benzene rings is 6. The standard InChI is InChI=1S/C36H23N3/c37-24-26-8-12-28(13-9-26)30-16-20-33(21-17-30)39(36-7-3-5-32-4-1-2-6-35(32)36)34-22-18-31(19-23-34)29-14-10-27(25-38)11-15-29/h1-23H. The van der Waals surface area contributed by atoms with Crippen LogP contribution in [-0.4, -0.2) is 0 Å². The second kappa shape index (κ2) is 10.4. The number of hydrogen-bond acceptors (Lipinski definition) is 3. The summed E-state index contributed by atoms with van der Waals surface area (Å²) < 4.78 is 0. The Hall–Kier alpha value is -5.64. The van der Waals surface area contributed by atoms with Crippen molar-refractivity contribution in [3.05, 3.63) is 151 Å². The number of rotatable bonds is 5. The van der Waals surface area contributed by atoms with E-state index in [0.717, 1.165) is 39.3 Å². The van der Waals surface area contributed by atoms with Crippen LogP contribution in [-0.2, 0) is 0 Å². The quantitative estimate of drug-likeness (QED) is 0.238. The average Bonchev–Trinajstić information content (AvgIpc) is 3.02. The summed E-state index contributed by atoms with van der Waals surface area (Å²) in [5.41, 5.74) is 8.85. The van der Waals surface area contributed by atoms with Gasteiger partial charge >= 0.3 is 0 Å². The van der Waals surface area contributed by atoms with Crippen molar-refractivity contribution in [2.24, 2.45) is 0 Å². The first kappa shape index (κ1) is 23.7. The Labute approximate surface area is 228 Å². The Morgan fingerprint density at radius 2 is 0.821 bits per heavy atom. The number of nitrogens with zero attached hydrogens (tertiary/aromatic N) is 3. The van der Waals surface area contributed by atoms with E-state index >= 15 is 0 Å². The molecule has 0 bridgehead atoms. The topological polar surface area (TPSA) is 50.8 Å². The molecule has 0 spiro atoms. The van der Waals surface area contributed by atoms with E-state index in [-0.39, 0.29) is 0 Å². The van der Waals surface area contributed by atoms with Crippen LogP contribution in [0.15, 0.2) is 140 Å². The van der Waals surface area contributed by atoms with Crippen molar-refractivity contribution in [3.8, 4) is 34.4 Å². The first-order valence-corrected chi connectivity index (χ1v) is 12.7. The first-order chi connectivity index (χ1) is 19.2. The van der Waals surface area contributed by atoms with Crippen LogP contribution in [0.4, 0.5) is 17.1 Å². The van der Waals surface area contributed by atoms with Crippen molar-refractivity contribution >= 4 is 27.8 Å². The van der Waals surface area contributed by atoms with Crippen LogP contribution in [0, 0.1) is 22.7 Å². The molecule has 0 aliphatic carbocycles. The van der Waals surface area contributed by atoms with Crippen molar-refractivity contribution in [2.75, 3.05) is 4.90 Å². The van der Waals surface area contributed by atoms with Gasteiger partial charge in [0, 0.05) is 16.8 Å². The van der Waals surface area contributed by atoms with E-state index in [1.807, 2.05) is 48.5 Å². The van der Waals surface area contributed by atoms with Crippen molar-refractivity contribution in [1.82, 2.24) is 0 Å². The fraction of sp³-hybridized carbons (Fsp3) is 0. The SMILES string of the molecule is N#Cc1ccc(-c2ccc(N(c3ccc(-c4ccc(C#N)cc4)cc3)c3cccc4ccccc34)cc2)cc1. The molecule has 39 heavy (non-hydrogen) atoms. The predicted molar refractivity (Wildman–Crippen MR) is 159 cm³/mol. The third-order valence-electron chi connectivity index (χ3n) is 6.95. The fourth-order valence-electron chi connectivity index (χ4n) is 4.91. The monoisotopic (exact) mass is 497 g/mol. The highest BCUT2D eigenvalue weighted by Gasteiger charge is 2.15. The molecule has 3 heteroatoms. The van der Waals surface area contributed by atoms with Crippen molar-refractivity contribution in [2.45, 2.75) is 0 Å². The van der Waals surface area contributed by atoms with Crippen molar-refractivity contribution < 1.29 is 0 Å². The van der Waals surface area contributed by atoms with Gasteiger partial charge in [0.2, 0.25) is 0 Å². The molecular formula is C36H23N3. The molecule has 3 nitrogen and oxygen atoms in total. The molecule has 0 aliphatic rings. The van der Waals surface area contributed by atoms with E-state index in [4.69, 9.17) is 10.5 Å². The van der Waals surface area contributed by atoms with E-state index in [1.54, 1.807) is 0 Å². The zero-order valence-corrected chi connectivity index (χ0v) is 21.1. The molecule has 0 fully saturated rings. The van der Waals surface area contributed by atoms with Gasteiger partial charge in [-0.1, -0.05) is 84.9 Å². The maximum absolute atomic E-state index is 9.12. The predicted octanol–water partition coefficient (Wildman–Crippen LogP) is 9.39. The zero-order valence-electron chi connectivity index (χ0n) is 21.1. The van der Waals surface area contributed by atoms with E-state index in [0.29, 0.717) is 11.1 Å². The highest BCUT2D eigenvalue weighted by molar-refractivity contribution is 5.99. The third kappa shape index (κ3) is 4.74. The minimum Gasteiger partial charge on any atom is -0.310 e. The summed E-state index contributed by atoms with van der Waals surface area (Å²) >= 11 is 0. The summed E-state index contributed by atoms with van der Waals surface area (Å²) in [4.78, 5) is 2.29. The number of hydrogen-bond donors (Lipinski definition) is 0. The molecule has 182 valence electrons. The van der Waals surface area contributed by atoms with Gasteiger partial charge in [-0.15, -0.1) is 0 Å². The van der Waals surface area contributed by atoms with Crippen LogP contribution < -0.4 is 4.90 Å². The van der Waals surface area contributed by atoms with Gasteiger partial charge in [0.25, 0.3) is 0 Å². The Morgan fingerprint density at radius 3 is 1.28 bits per heavy atom. The van der Waals surface area contributed by atoms with E-state index in [1.165, 1.54) is 10.8 Å². The van der Waals surface area contributed by atoms with Crippen molar-refractivity contribution in [3.63, 3.8) is 0 Å². The molecule has 6 aromatic carbocycles. The van der Waals surface area contributed by atoms with Gasteiger partial charge < -0.3 is 4.90 Å². The Morgan fingerprint density at radius 1 is 0.410 bits per heavy atom. The largest absolute Gasteiger partial charge is 0.310 e. The van der Waals surface area contributed by atoms with E-state index in [2.05, 4.69) is 108 Å². The summed E-state index contributed by atoms with van der Waals surface area (Å²) in [5, 5.41) is 20.6. The van der Waals surface area contributed by atoms with Gasteiger partial charge in [0.1, 0.15) is 0 Å². The van der Waals surface area contributed by atoms with Crippen LogP contribution in [0.25, 0.3) is 33.0 Å². The van der Waals surface area contributed by atoms with Gasteiger partial charge in [-0.25, -0.2) is 0 Å². The number of fused-ring (bicyclic) bond motifs is 1. The lowest BCUT2D eigenvalue weighted by atomic mass is 10.0. The molecule has 0 aliphatic heterocycles. The summed E-state index contributed by atoms with van der Waals surface area (Å²) in [6.07, 6.45) is 0. The fourth-order valence-corrected chi connectivity index (χ4v) is 4.91. The van der Waals surface area contributed by atoms with Crippen LogP contribution in [0.1, 0.15) is 11.1 Å². The van der Waals surface area contributed by atoms with Gasteiger partial charge in [-0.05, 0) is 82.2 Å². The highest BCUT2D eigenvalue weighted by Crippen LogP contribution is 2.40.